The molecule has 2 aromatic rings. The summed E-state index contributed by atoms with van der Waals surface area (Å²) in [5, 5.41) is 0.588. The Labute approximate surface area is 105 Å². The summed E-state index contributed by atoms with van der Waals surface area (Å²) in [6.07, 6.45) is 2.90. The van der Waals surface area contributed by atoms with Gasteiger partial charge in [0.05, 0.1) is 16.8 Å². The van der Waals surface area contributed by atoms with Gasteiger partial charge < -0.3 is 4.42 Å². The van der Waals surface area contributed by atoms with Crippen LogP contribution in [0, 0.1) is 3.57 Å². The molecule has 2 nitrogen and oxygen atoms in total. The maximum Gasteiger partial charge on any atom is 0.196 e. The highest BCUT2D eigenvalue weighted by Crippen LogP contribution is 2.21. The molecule has 2 rings (SSSR count). The van der Waals surface area contributed by atoms with Crippen molar-refractivity contribution in [3.05, 3.63) is 56.5 Å². The van der Waals surface area contributed by atoms with Crippen molar-refractivity contribution in [2.75, 3.05) is 0 Å². The van der Waals surface area contributed by atoms with Crippen molar-refractivity contribution in [3.63, 3.8) is 0 Å². The molecule has 0 aliphatic heterocycles. The minimum Gasteiger partial charge on any atom is -0.472 e. The lowest BCUT2D eigenvalue weighted by atomic mass is 10.1. The Balaban J connectivity index is 2.39. The Morgan fingerprint density at radius 3 is 2.67 bits per heavy atom. The minimum absolute atomic E-state index is 0.0814. The monoisotopic (exact) mass is 332 g/mol. The first kappa shape index (κ1) is 10.7. The third-order valence-corrected chi connectivity index (χ3v) is 3.54. The Morgan fingerprint density at radius 2 is 2.07 bits per heavy atom. The molecule has 1 aromatic heterocycles. The highest BCUT2D eigenvalue weighted by molar-refractivity contribution is 14.1. The number of halogens is 2. The molecule has 0 radical (unpaired) electrons. The van der Waals surface area contributed by atoms with Crippen LogP contribution in [0.1, 0.15) is 15.9 Å². The molecule has 15 heavy (non-hydrogen) atoms. The molecule has 0 fully saturated rings. The molecule has 0 aliphatic rings. The van der Waals surface area contributed by atoms with Gasteiger partial charge in [-0.25, -0.2) is 0 Å². The van der Waals surface area contributed by atoms with Crippen LogP contribution in [0.25, 0.3) is 0 Å². The van der Waals surface area contributed by atoms with Crippen LogP contribution in [0.2, 0.25) is 5.02 Å². The summed E-state index contributed by atoms with van der Waals surface area (Å²) in [5.41, 5.74) is 1.11. The SMILES string of the molecule is O=C(c1ccoc1)c1ccc(I)c(Cl)c1. The molecular formula is C11H6ClIO2. The molecule has 0 aliphatic carbocycles. The number of hydrogen-bond donors (Lipinski definition) is 0. The molecule has 1 heterocycles. The largest absolute Gasteiger partial charge is 0.472 e. The number of hydrogen-bond acceptors (Lipinski definition) is 2. The van der Waals surface area contributed by atoms with Gasteiger partial charge >= 0.3 is 0 Å². The van der Waals surface area contributed by atoms with Gasteiger partial charge in [0.15, 0.2) is 5.78 Å². The quantitative estimate of drug-likeness (QED) is 0.619. The standard InChI is InChI=1S/C11H6ClIO2/c12-9-5-7(1-2-10(9)13)11(14)8-3-4-15-6-8/h1-6H. The smallest absolute Gasteiger partial charge is 0.196 e. The van der Waals surface area contributed by atoms with E-state index in [1.165, 1.54) is 12.5 Å². The molecular weight excluding hydrogens is 326 g/mol. The van der Waals surface area contributed by atoms with E-state index in [4.69, 9.17) is 16.0 Å². The topological polar surface area (TPSA) is 30.2 Å². The Kier molecular flexibility index (Phi) is 3.11. The lowest BCUT2D eigenvalue weighted by molar-refractivity contribution is 0.103. The molecule has 0 atom stereocenters. The summed E-state index contributed by atoms with van der Waals surface area (Å²) in [6, 6.07) is 6.87. The van der Waals surface area contributed by atoms with Crippen molar-refractivity contribution in [1.29, 1.82) is 0 Å². The van der Waals surface area contributed by atoms with Gasteiger partial charge in [0.2, 0.25) is 0 Å². The first-order chi connectivity index (χ1) is 7.18. The van der Waals surface area contributed by atoms with E-state index in [9.17, 15) is 4.79 Å². The van der Waals surface area contributed by atoms with Crippen LogP contribution >= 0.6 is 34.2 Å². The maximum absolute atomic E-state index is 11.8. The molecule has 0 bridgehead atoms. The van der Waals surface area contributed by atoms with E-state index in [1.54, 1.807) is 18.2 Å². The first-order valence-corrected chi connectivity index (χ1v) is 5.66. The molecule has 0 N–H and O–H groups in total. The molecule has 0 spiro atoms. The van der Waals surface area contributed by atoms with Gasteiger partial charge in [0, 0.05) is 9.13 Å². The Hall–Kier alpha value is -0.810. The maximum atomic E-state index is 11.8. The van der Waals surface area contributed by atoms with E-state index in [0.29, 0.717) is 16.1 Å². The van der Waals surface area contributed by atoms with Crippen LogP contribution in [0.4, 0.5) is 0 Å². The molecule has 1 aromatic carbocycles. The van der Waals surface area contributed by atoms with E-state index in [1.807, 2.05) is 6.07 Å². The average Bonchev–Trinajstić information content (AvgIpc) is 2.74. The number of rotatable bonds is 2. The minimum atomic E-state index is -0.0814. The second-order valence-corrected chi connectivity index (χ2v) is 4.54. The molecule has 4 heteroatoms. The molecule has 0 saturated carbocycles. The number of benzene rings is 1. The number of ketones is 1. The van der Waals surface area contributed by atoms with Crippen molar-refractivity contribution in [2.45, 2.75) is 0 Å². The summed E-state index contributed by atoms with van der Waals surface area (Å²) >= 11 is 8.05. The number of furan rings is 1. The second-order valence-electron chi connectivity index (χ2n) is 2.97. The summed E-state index contributed by atoms with van der Waals surface area (Å²) in [6.45, 7) is 0. The highest BCUT2D eigenvalue weighted by Gasteiger charge is 2.11. The highest BCUT2D eigenvalue weighted by atomic mass is 127. The Morgan fingerprint density at radius 1 is 1.27 bits per heavy atom. The predicted octanol–water partition coefficient (Wildman–Crippen LogP) is 3.77. The van der Waals surface area contributed by atoms with Crippen LogP contribution < -0.4 is 0 Å². The van der Waals surface area contributed by atoms with Crippen LogP contribution in [0.15, 0.2) is 41.2 Å². The number of carbonyl (C=O) groups is 1. The van der Waals surface area contributed by atoms with Crippen molar-refractivity contribution >= 4 is 40.0 Å². The van der Waals surface area contributed by atoms with Gasteiger partial charge in [0.1, 0.15) is 6.26 Å². The van der Waals surface area contributed by atoms with E-state index < -0.39 is 0 Å². The zero-order valence-electron chi connectivity index (χ0n) is 7.54. The molecule has 76 valence electrons. The van der Waals surface area contributed by atoms with Gasteiger partial charge in [0.25, 0.3) is 0 Å². The molecule has 0 saturated heterocycles. The number of carbonyl (C=O) groups excluding carboxylic acids is 1. The van der Waals surface area contributed by atoms with Gasteiger partial charge in [-0.3, -0.25) is 4.79 Å². The van der Waals surface area contributed by atoms with Gasteiger partial charge in [-0.2, -0.15) is 0 Å². The van der Waals surface area contributed by atoms with Crippen LogP contribution in [-0.2, 0) is 0 Å². The van der Waals surface area contributed by atoms with E-state index in [0.717, 1.165) is 3.57 Å². The lowest BCUT2D eigenvalue weighted by Crippen LogP contribution is -1.99. The summed E-state index contributed by atoms with van der Waals surface area (Å²) in [4.78, 5) is 11.8. The first-order valence-electron chi connectivity index (χ1n) is 4.20. The fraction of sp³-hybridized carbons (Fsp3) is 0. The Bertz CT molecular complexity index is 491. The van der Waals surface area contributed by atoms with Gasteiger partial charge in [-0.05, 0) is 46.9 Å². The molecule has 0 amide bonds. The predicted molar refractivity (Wildman–Crippen MR) is 66.3 cm³/mol. The third kappa shape index (κ3) is 2.23. The van der Waals surface area contributed by atoms with Gasteiger partial charge in [-0.1, -0.05) is 11.6 Å². The average molecular weight is 333 g/mol. The zero-order chi connectivity index (χ0) is 10.8. The van der Waals surface area contributed by atoms with Gasteiger partial charge in [-0.15, -0.1) is 0 Å². The summed E-state index contributed by atoms with van der Waals surface area (Å²) < 4.78 is 5.78. The van der Waals surface area contributed by atoms with Crippen molar-refractivity contribution in [2.24, 2.45) is 0 Å². The van der Waals surface area contributed by atoms with Crippen molar-refractivity contribution in [3.8, 4) is 0 Å². The third-order valence-electron chi connectivity index (χ3n) is 1.97. The summed E-state index contributed by atoms with van der Waals surface area (Å²) in [7, 11) is 0. The zero-order valence-corrected chi connectivity index (χ0v) is 10.4. The normalized spacial score (nSPS) is 10.3. The van der Waals surface area contributed by atoms with Crippen LogP contribution in [-0.4, -0.2) is 5.78 Å². The van der Waals surface area contributed by atoms with E-state index in [2.05, 4.69) is 22.6 Å². The second kappa shape index (κ2) is 4.37. The van der Waals surface area contributed by atoms with Crippen LogP contribution in [0.5, 0.6) is 0 Å². The van der Waals surface area contributed by atoms with Crippen molar-refractivity contribution in [1.82, 2.24) is 0 Å². The van der Waals surface area contributed by atoms with E-state index >= 15 is 0 Å². The van der Waals surface area contributed by atoms with E-state index in [-0.39, 0.29) is 5.78 Å². The molecule has 0 unspecified atom stereocenters. The lowest BCUT2D eigenvalue weighted by Gasteiger charge is -2.00. The summed E-state index contributed by atoms with van der Waals surface area (Å²) in [5.74, 6) is -0.0814. The fourth-order valence-electron chi connectivity index (χ4n) is 1.20. The van der Waals surface area contributed by atoms with Crippen molar-refractivity contribution < 1.29 is 9.21 Å². The fourth-order valence-corrected chi connectivity index (χ4v) is 1.71. The van der Waals surface area contributed by atoms with Crippen LogP contribution in [0.3, 0.4) is 0 Å².